The third-order valence-corrected chi connectivity index (χ3v) is 2.86. The molecule has 4 heteroatoms. The van der Waals surface area contributed by atoms with Gasteiger partial charge in [0.2, 0.25) is 5.91 Å². The lowest BCUT2D eigenvalue weighted by Gasteiger charge is -2.25. The van der Waals surface area contributed by atoms with Crippen molar-refractivity contribution in [2.24, 2.45) is 5.73 Å². The topological polar surface area (TPSA) is 64.3 Å². The predicted molar refractivity (Wildman–Crippen MR) is 60.8 cm³/mol. The fourth-order valence-corrected chi connectivity index (χ4v) is 2.13. The van der Waals surface area contributed by atoms with Crippen LogP contribution < -0.4 is 11.1 Å². The Bertz CT molecular complexity index is 404. The van der Waals surface area contributed by atoms with Crippen molar-refractivity contribution >= 4 is 5.91 Å². The monoisotopic (exact) mass is 220 g/mol. The van der Waals surface area contributed by atoms with Crippen molar-refractivity contribution in [1.29, 1.82) is 0 Å². The van der Waals surface area contributed by atoms with Crippen molar-refractivity contribution in [1.82, 2.24) is 5.32 Å². The molecule has 0 aliphatic carbocycles. The fraction of sp³-hybridized carbons (Fsp3) is 0.417. The molecule has 1 heterocycles. The van der Waals surface area contributed by atoms with Gasteiger partial charge in [0, 0.05) is 13.7 Å². The highest BCUT2D eigenvalue weighted by Gasteiger charge is 2.23. The number of carbonyl (C=O) groups excluding carboxylic acids is 1. The zero-order valence-corrected chi connectivity index (χ0v) is 9.32. The molecule has 1 aliphatic rings. The number of nitrogens with one attached hydrogen (secondary N) is 1. The molecule has 3 N–H and O–H groups in total. The van der Waals surface area contributed by atoms with Crippen molar-refractivity contribution in [3.05, 3.63) is 34.9 Å². The third-order valence-electron chi connectivity index (χ3n) is 2.86. The molecule has 0 aromatic heterocycles. The van der Waals surface area contributed by atoms with E-state index in [1.807, 2.05) is 12.1 Å². The van der Waals surface area contributed by atoms with E-state index < -0.39 is 0 Å². The molecule has 4 nitrogen and oxygen atoms in total. The number of primary amides is 1. The van der Waals surface area contributed by atoms with Gasteiger partial charge in [0.1, 0.15) is 6.04 Å². The second kappa shape index (κ2) is 4.63. The molecule has 1 aromatic rings. The maximum Gasteiger partial charge on any atom is 0.239 e. The molecule has 0 saturated carbocycles. The normalized spacial score (nSPS) is 19.2. The Labute approximate surface area is 94.8 Å². The van der Waals surface area contributed by atoms with E-state index in [2.05, 4.69) is 11.4 Å². The Kier molecular flexibility index (Phi) is 3.22. The Morgan fingerprint density at radius 2 is 2.44 bits per heavy atom. The predicted octanol–water partition coefficient (Wildman–Crippen LogP) is 0.505. The molecular formula is C12H16N2O2. The van der Waals surface area contributed by atoms with Gasteiger partial charge in [-0.05, 0) is 23.1 Å². The van der Waals surface area contributed by atoms with Crippen molar-refractivity contribution < 1.29 is 9.53 Å². The maximum absolute atomic E-state index is 11.3. The van der Waals surface area contributed by atoms with Crippen LogP contribution in [-0.4, -0.2) is 19.6 Å². The summed E-state index contributed by atoms with van der Waals surface area (Å²) in [5, 5.41) is 3.12. The first-order chi connectivity index (χ1) is 7.72. The van der Waals surface area contributed by atoms with Crippen LogP contribution in [0.4, 0.5) is 0 Å². The molecule has 1 aliphatic heterocycles. The van der Waals surface area contributed by atoms with Gasteiger partial charge >= 0.3 is 0 Å². The van der Waals surface area contributed by atoms with Crippen LogP contribution in [0.1, 0.15) is 22.7 Å². The van der Waals surface area contributed by atoms with Crippen LogP contribution >= 0.6 is 0 Å². The molecule has 86 valence electrons. The minimum Gasteiger partial charge on any atom is -0.380 e. The van der Waals surface area contributed by atoms with Gasteiger partial charge in [-0.3, -0.25) is 4.79 Å². The van der Waals surface area contributed by atoms with Crippen LogP contribution in [0.2, 0.25) is 0 Å². The van der Waals surface area contributed by atoms with Gasteiger partial charge in [-0.15, -0.1) is 0 Å². The highest BCUT2D eigenvalue weighted by molar-refractivity contribution is 5.82. The summed E-state index contributed by atoms with van der Waals surface area (Å²) in [4.78, 5) is 11.3. The molecule has 1 aromatic carbocycles. The van der Waals surface area contributed by atoms with E-state index in [1.165, 1.54) is 5.56 Å². The molecule has 16 heavy (non-hydrogen) atoms. The van der Waals surface area contributed by atoms with Crippen LogP contribution in [0.5, 0.6) is 0 Å². The largest absolute Gasteiger partial charge is 0.380 e. The van der Waals surface area contributed by atoms with Gasteiger partial charge in [-0.2, -0.15) is 0 Å². The lowest BCUT2D eigenvalue weighted by molar-refractivity contribution is -0.120. The van der Waals surface area contributed by atoms with E-state index in [-0.39, 0.29) is 11.9 Å². The molecule has 1 atom stereocenters. The van der Waals surface area contributed by atoms with Crippen LogP contribution in [-0.2, 0) is 22.6 Å². The Morgan fingerprint density at radius 1 is 1.62 bits per heavy atom. The Morgan fingerprint density at radius 3 is 3.12 bits per heavy atom. The highest BCUT2D eigenvalue weighted by atomic mass is 16.5. The molecule has 0 bridgehead atoms. The number of ether oxygens (including phenoxy) is 1. The fourth-order valence-electron chi connectivity index (χ4n) is 2.13. The van der Waals surface area contributed by atoms with Crippen molar-refractivity contribution in [3.8, 4) is 0 Å². The second-order valence-corrected chi connectivity index (χ2v) is 4.01. The van der Waals surface area contributed by atoms with Gasteiger partial charge in [-0.25, -0.2) is 0 Å². The number of methoxy groups -OCH3 is 1. The number of nitrogens with two attached hydrogens (primary N) is 1. The zero-order chi connectivity index (χ0) is 11.5. The molecular weight excluding hydrogens is 204 g/mol. The summed E-state index contributed by atoms with van der Waals surface area (Å²) in [7, 11) is 1.67. The van der Waals surface area contributed by atoms with Crippen LogP contribution in [0.15, 0.2) is 18.2 Å². The molecule has 1 unspecified atom stereocenters. The first kappa shape index (κ1) is 11.1. The standard InChI is InChI=1S/C12H16N2O2/c1-16-7-8-2-3-10-9(6-8)4-5-14-11(10)12(13)15/h2-3,6,11,14H,4-5,7H2,1H3,(H2,13,15). The van der Waals surface area contributed by atoms with Crippen LogP contribution in [0, 0.1) is 0 Å². The molecule has 1 amide bonds. The number of benzene rings is 1. The van der Waals surface area contributed by atoms with Crippen LogP contribution in [0.25, 0.3) is 0 Å². The number of hydrogen-bond donors (Lipinski definition) is 2. The average Bonchev–Trinajstić information content (AvgIpc) is 2.28. The highest BCUT2D eigenvalue weighted by Crippen LogP contribution is 2.23. The SMILES string of the molecule is COCc1ccc2c(c1)CCNC2C(N)=O. The molecule has 0 fully saturated rings. The summed E-state index contributed by atoms with van der Waals surface area (Å²) in [6.45, 7) is 1.39. The summed E-state index contributed by atoms with van der Waals surface area (Å²) in [5.74, 6) is -0.319. The summed E-state index contributed by atoms with van der Waals surface area (Å²) in [6.07, 6.45) is 0.927. The number of carbonyl (C=O) groups is 1. The minimum absolute atomic E-state index is 0.319. The summed E-state index contributed by atoms with van der Waals surface area (Å²) in [5.41, 5.74) is 8.67. The number of fused-ring (bicyclic) bond motifs is 1. The third kappa shape index (κ3) is 2.08. The average molecular weight is 220 g/mol. The van der Waals surface area contributed by atoms with Gasteiger partial charge in [-0.1, -0.05) is 18.2 Å². The Hall–Kier alpha value is -1.39. The Balaban J connectivity index is 2.33. The first-order valence-electron chi connectivity index (χ1n) is 5.35. The molecule has 0 radical (unpaired) electrons. The number of amides is 1. The molecule has 0 saturated heterocycles. The van der Waals surface area contributed by atoms with Crippen molar-refractivity contribution in [2.45, 2.75) is 19.1 Å². The van der Waals surface area contributed by atoms with Crippen molar-refractivity contribution in [2.75, 3.05) is 13.7 Å². The van der Waals surface area contributed by atoms with E-state index in [0.717, 1.165) is 24.1 Å². The number of hydrogen-bond acceptors (Lipinski definition) is 3. The lowest BCUT2D eigenvalue weighted by atomic mass is 9.92. The van der Waals surface area contributed by atoms with E-state index >= 15 is 0 Å². The van der Waals surface area contributed by atoms with Crippen LogP contribution in [0.3, 0.4) is 0 Å². The molecule has 2 rings (SSSR count). The summed E-state index contributed by atoms with van der Waals surface area (Å²) in [6, 6.07) is 5.69. The van der Waals surface area contributed by atoms with Crippen molar-refractivity contribution in [3.63, 3.8) is 0 Å². The zero-order valence-electron chi connectivity index (χ0n) is 9.32. The first-order valence-corrected chi connectivity index (χ1v) is 5.35. The van der Waals surface area contributed by atoms with Gasteiger partial charge in [0.15, 0.2) is 0 Å². The minimum atomic E-state index is -0.347. The molecule has 0 spiro atoms. The smallest absolute Gasteiger partial charge is 0.239 e. The second-order valence-electron chi connectivity index (χ2n) is 4.01. The van der Waals surface area contributed by atoms with E-state index in [9.17, 15) is 4.79 Å². The van der Waals surface area contributed by atoms with Gasteiger partial charge < -0.3 is 15.8 Å². The van der Waals surface area contributed by atoms with Gasteiger partial charge in [0.25, 0.3) is 0 Å². The summed E-state index contributed by atoms with van der Waals surface area (Å²) < 4.78 is 5.09. The quantitative estimate of drug-likeness (QED) is 0.780. The lowest BCUT2D eigenvalue weighted by Crippen LogP contribution is -2.38. The summed E-state index contributed by atoms with van der Waals surface area (Å²) >= 11 is 0. The van der Waals surface area contributed by atoms with E-state index in [0.29, 0.717) is 6.61 Å². The van der Waals surface area contributed by atoms with E-state index in [1.54, 1.807) is 7.11 Å². The van der Waals surface area contributed by atoms with E-state index in [4.69, 9.17) is 10.5 Å². The van der Waals surface area contributed by atoms with Gasteiger partial charge in [0.05, 0.1) is 6.61 Å². The maximum atomic E-state index is 11.3. The number of rotatable bonds is 3.